The van der Waals surface area contributed by atoms with Gasteiger partial charge in [0.1, 0.15) is 18.5 Å². The van der Waals surface area contributed by atoms with Crippen molar-refractivity contribution in [1.29, 1.82) is 0 Å². The van der Waals surface area contributed by atoms with Crippen molar-refractivity contribution in [3.8, 4) is 0 Å². The molecule has 11 heteroatoms. The molecule has 194 valence electrons. The first kappa shape index (κ1) is 25.8. The van der Waals surface area contributed by atoms with Gasteiger partial charge in [0, 0.05) is 56.9 Å². The largest absolute Gasteiger partial charge is 0.480 e. The Morgan fingerprint density at radius 2 is 1.76 bits per heavy atom. The number of hydrogen-bond acceptors (Lipinski definition) is 8. The van der Waals surface area contributed by atoms with E-state index in [4.69, 9.17) is 4.74 Å². The third-order valence-electron chi connectivity index (χ3n) is 6.16. The molecule has 37 heavy (non-hydrogen) atoms. The number of carbonyl (C=O) groups is 2. The first-order chi connectivity index (χ1) is 17.9. The van der Waals surface area contributed by atoms with E-state index in [0.29, 0.717) is 5.82 Å². The number of carbonyl (C=O) groups excluding carboxylic acids is 1. The van der Waals surface area contributed by atoms with Crippen molar-refractivity contribution in [2.24, 2.45) is 0 Å². The van der Waals surface area contributed by atoms with E-state index in [1.165, 1.54) is 10.1 Å². The summed E-state index contributed by atoms with van der Waals surface area (Å²) in [6.07, 6.45) is 4.27. The van der Waals surface area contributed by atoms with Crippen LogP contribution in [0.3, 0.4) is 0 Å². The van der Waals surface area contributed by atoms with E-state index in [2.05, 4.69) is 25.1 Å². The van der Waals surface area contributed by atoms with E-state index >= 15 is 0 Å². The molecule has 0 saturated carbocycles. The molecule has 0 unspecified atom stereocenters. The summed E-state index contributed by atoms with van der Waals surface area (Å²) in [7, 11) is 0. The fourth-order valence-corrected chi connectivity index (χ4v) is 4.19. The zero-order valence-corrected chi connectivity index (χ0v) is 20.6. The van der Waals surface area contributed by atoms with Crippen LogP contribution in [0.4, 0.5) is 10.6 Å². The number of piperazine rings is 1. The monoisotopic (exact) mass is 506 g/mol. The van der Waals surface area contributed by atoms with Gasteiger partial charge in [-0.3, -0.25) is 14.5 Å². The Morgan fingerprint density at radius 3 is 2.43 bits per heavy atom. The number of aromatic nitrogens is 3. The number of nitrogens with zero attached hydrogens (tertiary/aromatic N) is 5. The summed E-state index contributed by atoms with van der Waals surface area (Å²) >= 11 is 0. The molecule has 11 nitrogen and oxygen atoms in total. The lowest BCUT2D eigenvalue weighted by Crippen LogP contribution is -2.48. The molecule has 3 heterocycles. The minimum Gasteiger partial charge on any atom is -0.480 e. The Labute approximate surface area is 214 Å². The molecule has 3 aromatic rings. The standard InChI is InChI=1S/C26H30N6O5/c1-19-15-32(17-22(24(33)34)28-26(36)37-18-21-5-3-2-4-6-21)25(35)29-23(19)31-13-11-30(12-14-31)16-20-7-9-27-10-8-20/h2-10,15,22H,11-14,16-18H2,1H3,(H,28,36)(H,33,34)/t22-/m0/s1. The number of pyridine rings is 1. The van der Waals surface area contributed by atoms with E-state index in [1.54, 1.807) is 30.7 Å². The van der Waals surface area contributed by atoms with Crippen LogP contribution >= 0.6 is 0 Å². The van der Waals surface area contributed by atoms with Crippen LogP contribution in [-0.2, 0) is 29.2 Å². The van der Waals surface area contributed by atoms with Crippen LogP contribution in [0.15, 0.2) is 65.8 Å². The fraction of sp³-hybridized carbons (Fsp3) is 0.346. The van der Waals surface area contributed by atoms with Crippen LogP contribution < -0.4 is 15.9 Å². The van der Waals surface area contributed by atoms with Gasteiger partial charge in [0.25, 0.3) is 0 Å². The minimum atomic E-state index is -1.36. The fourth-order valence-electron chi connectivity index (χ4n) is 4.19. The Morgan fingerprint density at radius 1 is 1.05 bits per heavy atom. The van der Waals surface area contributed by atoms with Gasteiger partial charge in [0.2, 0.25) is 0 Å². The first-order valence-corrected chi connectivity index (χ1v) is 12.0. The molecule has 1 atom stereocenters. The quantitative estimate of drug-likeness (QED) is 0.445. The summed E-state index contributed by atoms with van der Waals surface area (Å²) in [6, 6.07) is 11.7. The van der Waals surface area contributed by atoms with Crippen molar-refractivity contribution in [1.82, 2.24) is 24.8 Å². The number of rotatable bonds is 9. The Bertz CT molecular complexity index is 1260. The smallest absolute Gasteiger partial charge is 0.408 e. The number of alkyl carbamates (subject to hydrolysis) is 1. The van der Waals surface area contributed by atoms with Crippen LogP contribution in [0.25, 0.3) is 0 Å². The zero-order valence-electron chi connectivity index (χ0n) is 20.6. The molecule has 1 amide bonds. The summed E-state index contributed by atoms with van der Waals surface area (Å²) in [5, 5.41) is 11.9. The van der Waals surface area contributed by atoms with Crippen LogP contribution in [0.5, 0.6) is 0 Å². The maximum absolute atomic E-state index is 12.8. The van der Waals surface area contributed by atoms with Crippen molar-refractivity contribution in [2.75, 3.05) is 31.1 Å². The molecule has 1 aliphatic heterocycles. The molecular formula is C26H30N6O5. The third kappa shape index (κ3) is 7.14. The topological polar surface area (TPSA) is 130 Å². The SMILES string of the molecule is Cc1cn(C[C@H](NC(=O)OCc2ccccc2)C(=O)O)c(=O)nc1N1CCN(Cc2ccncc2)CC1. The maximum atomic E-state index is 12.8. The number of nitrogens with one attached hydrogen (secondary N) is 1. The minimum absolute atomic E-state index is 0.00411. The molecule has 1 saturated heterocycles. The van der Waals surface area contributed by atoms with E-state index in [1.807, 2.05) is 37.3 Å². The van der Waals surface area contributed by atoms with E-state index in [-0.39, 0.29) is 13.2 Å². The molecule has 2 N–H and O–H groups in total. The first-order valence-electron chi connectivity index (χ1n) is 12.0. The highest BCUT2D eigenvalue weighted by Crippen LogP contribution is 2.18. The molecule has 1 fully saturated rings. The van der Waals surface area contributed by atoms with Gasteiger partial charge in [0.05, 0.1) is 6.54 Å². The number of carboxylic acid groups (broad SMARTS) is 1. The summed E-state index contributed by atoms with van der Waals surface area (Å²) in [6.45, 7) is 5.47. The molecule has 0 bridgehead atoms. The van der Waals surface area contributed by atoms with Crippen LogP contribution in [0, 0.1) is 6.92 Å². The van der Waals surface area contributed by atoms with Gasteiger partial charge in [-0.05, 0) is 30.2 Å². The number of amides is 1. The molecular weight excluding hydrogens is 476 g/mol. The Hall–Kier alpha value is -4.25. The molecule has 0 spiro atoms. The average Bonchev–Trinajstić information content (AvgIpc) is 2.90. The summed E-state index contributed by atoms with van der Waals surface area (Å²) in [5.41, 5.74) is 2.14. The number of carboxylic acids is 1. The number of ether oxygens (including phenoxy) is 1. The normalized spacial score (nSPS) is 14.7. The predicted molar refractivity (Wildman–Crippen MR) is 136 cm³/mol. The molecule has 1 aromatic carbocycles. The molecule has 2 aromatic heterocycles. The van der Waals surface area contributed by atoms with Crippen molar-refractivity contribution in [2.45, 2.75) is 32.7 Å². The highest BCUT2D eigenvalue weighted by Gasteiger charge is 2.24. The second kappa shape index (κ2) is 12.1. The van der Waals surface area contributed by atoms with Crippen molar-refractivity contribution >= 4 is 17.9 Å². The van der Waals surface area contributed by atoms with Gasteiger partial charge in [-0.2, -0.15) is 4.98 Å². The van der Waals surface area contributed by atoms with Crippen molar-refractivity contribution in [3.63, 3.8) is 0 Å². The van der Waals surface area contributed by atoms with E-state index in [9.17, 15) is 19.5 Å². The molecule has 0 radical (unpaired) electrons. The highest BCUT2D eigenvalue weighted by atomic mass is 16.5. The van der Waals surface area contributed by atoms with E-state index < -0.39 is 23.8 Å². The summed E-state index contributed by atoms with van der Waals surface area (Å²) < 4.78 is 6.32. The van der Waals surface area contributed by atoms with Gasteiger partial charge < -0.3 is 20.1 Å². The maximum Gasteiger partial charge on any atom is 0.408 e. The highest BCUT2D eigenvalue weighted by molar-refractivity contribution is 5.79. The van der Waals surface area contributed by atoms with Gasteiger partial charge in [-0.15, -0.1) is 0 Å². The second-order valence-corrected chi connectivity index (χ2v) is 8.90. The van der Waals surface area contributed by atoms with Gasteiger partial charge >= 0.3 is 17.8 Å². The number of benzene rings is 1. The van der Waals surface area contributed by atoms with Gasteiger partial charge in [-0.25, -0.2) is 14.4 Å². The van der Waals surface area contributed by atoms with Crippen LogP contribution in [0.1, 0.15) is 16.7 Å². The lowest BCUT2D eigenvalue weighted by atomic mass is 10.2. The van der Waals surface area contributed by atoms with Gasteiger partial charge in [0.15, 0.2) is 0 Å². The zero-order chi connectivity index (χ0) is 26.2. The molecule has 1 aliphatic rings. The summed E-state index contributed by atoms with van der Waals surface area (Å²) in [4.78, 5) is 49.4. The van der Waals surface area contributed by atoms with Crippen LogP contribution in [-0.4, -0.2) is 68.8 Å². The van der Waals surface area contributed by atoms with Crippen molar-refractivity contribution < 1.29 is 19.4 Å². The lowest BCUT2D eigenvalue weighted by molar-refractivity contribution is -0.139. The van der Waals surface area contributed by atoms with Crippen molar-refractivity contribution in [3.05, 3.63) is 88.2 Å². The Balaban J connectivity index is 1.35. The van der Waals surface area contributed by atoms with Gasteiger partial charge in [-0.1, -0.05) is 30.3 Å². The Kier molecular flexibility index (Phi) is 8.47. The lowest BCUT2D eigenvalue weighted by Gasteiger charge is -2.36. The van der Waals surface area contributed by atoms with E-state index in [0.717, 1.165) is 43.9 Å². The molecule has 4 rings (SSSR count). The predicted octanol–water partition coefficient (Wildman–Crippen LogP) is 1.65. The third-order valence-corrected chi connectivity index (χ3v) is 6.16. The second-order valence-electron chi connectivity index (χ2n) is 8.90. The number of hydrogen-bond donors (Lipinski definition) is 2. The molecule has 0 aliphatic carbocycles. The number of anilines is 1. The summed E-state index contributed by atoms with van der Waals surface area (Å²) in [5.74, 6) is -0.692. The number of aliphatic carboxylic acids is 1. The number of aryl methyl sites for hydroxylation is 1. The van der Waals surface area contributed by atoms with Crippen LogP contribution in [0.2, 0.25) is 0 Å². The average molecular weight is 507 g/mol.